The second-order valence-corrected chi connectivity index (χ2v) is 7.34. The Balaban J connectivity index is 1.67. The largest absolute Gasteiger partial charge is 0.336 e. The number of urea groups is 1. The molecule has 2 heterocycles. The number of hydrogen-bond acceptors (Lipinski definition) is 4. The molecule has 1 aliphatic heterocycles. The van der Waals surface area contributed by atoms with Gasteiger partial charge in [-0.05, 0) is 24.6 Å². The molecule has 1 unspecified atom stereocenters. The van der Waals surface area contributed by atoms with Gasteiger partial charge in [-0.15, -0.1) is 0 Å². The van der Waals surface area contributed by atoms with Gasteiger partial charge in [-0.1, -0.05) is 39.8 Å². The number of nitrogens with one attached hydrogen (secondary N) is 2. The van der Waals surface area contributed by atoms with Crippen LogP contribution in [-0.4, -0.2) is 45.1 Å². The summed E-state index contributed by atoms with van der Waals surface area (Å²) in [5.41, 5.74) is 1.91. The summed E-state index contributed by atoms with van der Waals surface area (Å²) in [6.07, 6.45) is 1.74. The van der Waals surface area contributed by atoms with E-state index in [1.807, 2.05) is 24.3 Å². The average Bonchev–Trinajstić information content (AvgIpc) is 3.16. The molecule has 0 spiro atoms. The van der Waals surface area contributed by atoms with E-state index in [0.717, 1.165) is 15.7 Å². The van der Waals surface area contributed by atoms with E-state index in [2.05, 4.69) is 31.2 Å². The fourth-order valence-electron chi connectivity index (χ4n) is 2.26. The molecule has 2 aromatic rings. The molecule has 1 fully saturated rings. The van der Waals surface area contributed by atoms with E-state index in [0.29, 0.717) is 18.2 Å². The first-order valence-corrected chi connectivity index (χ1v) is 8.78. The third-order valence-corrected chi connectivity index (χ3v) is 4.98. The number of H-pyrrole nitrogens is 1. The standard InChI is InChI=1S/C15H15BrN4O2S/c1-9(13(21)20-7-6-17-15(20)22)23-14-18-8-12(19-14)10-2-4-11(16)5-3-10/h2-5,8-9H,6-7H2,1H3,(H,17,22)(H,18,19). The number of rotatable bonds is 4. The Hall–Kier alpha value is -1.80. The highest BCUT2D eigenvalue weighted by Crippen LogP contribution is 2.26. The molecule has 0 aliphatic carbocycles. The third-order valence-electron chi connectivity index (χ3n) is 3.47. The maximum absolute atomic E-state index is 12.3. The van der Waals surface area contributed by atoms with Crippen LogP contribution in [0.15, 0.2) is 40.1 Å². The number of carbonyl (C=O) groups is 2. The number of aromatic nitrogens is 2. The van der Waals surface area contributed by atoms with Crippen LogP contribution in [0.2, 0.25) is 0 Å². The van der Waals surface area contributed by atoms with Crippen molar-refractivity contribution in [1.29, 1.82) is 0 Å². The number of halogens is 1. The van der Waals surface area contributed by atoms with Gasteiger partial charge in [-0.25, -0.2) is 9.78 Å². The van der Waals surface area contributed by atoms with Crippen molar-refractivity contribution in [2.75, 3.05) is 13.1 Å². The van der Waals surface area contributed by atoms with Gasteiger partial charge in [0.2, 0.25) is 5.91 Å². The minimum absolute atomic E-state index is 0.202. The zero-order chi connectivity index (χ0) is 16.4. The number of aromatic amines is 1. The lowest BCUT2D eigenvalue weighted by molar-refractivity contribution is -0.126. The molecule has 0 saturated carbocycles. The first-order valence-electron chi connectivity index (χ1n) is 7.11. The molecule has 1 saturated heterocycles. The van der Waals surface area contributed by atoms with Gasteiger partial charge >= 0.3 is 6.03 Å². The lowest BCUT2D eigenvalue weighted by Gasteiger charge is -2.16. The van der Waals surface area contributed by atoms with Crippen molar-refractivity contribution < 1.29 is 9.59 Å². The van der Waals surface area contributed by atoms with Crippen LogP contribution in [-0.2, 0) is 4.79 Å². The molecule has 1 aliphatic rings. The number of hydrogen-bond donors (Lipinski definition) is 2. The Labute approximate surface area is 146 Å². The van der Waals surface area contributed by atoms with Crippen LogP contribution >= 0.6 is 27.7 Å². The maximum Gasteiger partial charge on any atom is 0.324 e. The van der Waals surface area contributed by atoms with Gasteiger partial charge in [-0.2, -0.15) is 0 Å². The van der Waals surface area contributed by atoms with Crippen LogP contribution in [0.4, 0.5) is 4.79 Å². The normalized spacial score (nSPS) is 15.6. The Bertz CT molecular complexity index is 731. The topological polar surface area (TPSA) is 78.1 Å². The number of amides is 3. The molecule has 0 bridgehead atoms. The van der Waals surface area contributed by atoms with E-state index in [-0.39, 0.29) is 17.2 Å². The minimum Gasteiger partial charge on any atom is -0.336 e. The lowest BCUT2D eigenvalue weighted by Crippen LogP contribution is -2.38. The molecule has 23 heavy (non-hydrogen) atoms. The molecular formula is C15H15BrN4O2S. The smallest absolute Gasteiger partial charge is 0.324 e. The van der Waals surface area contributed by atoms with Gasteiger partial charge in [0.15, 0.2) is 5.16 Å². The lowest BCUT2D eigenvalue weighted by atomic mass is 10.2. The molecule has 3 rings (SSSR count). The molecule has 8 heteroatoms. The summed E-state index contributed by atoms with van der Waals surface area (Å²) >= 11 is 4.72. The summed E-state index contributed by atoms with van der Waals surface area (Å²) in [5.74, 6) is -0.202. The van der Waals surface area contributed by atoms with Crippen molar-refractivity contribution in [1.82, 2.24) is 20.2 Å². The maximum atomic E-state index is 12.3. The van der Waals surface area contributed by atoms with E-state index in [1.165, 1.54) is 16.7 Å². The monoisotopic (exact) mass is 394 g/mol. The molecule has 1 aromatic carbocycles. The van der Waals surface area contributed by atoms with Gasteiger partial charge in [-0.3, -0.25) is 9.69 Å². The zero-order valence-electron chi connectivity index (χ0n) is 12.4. The number of imidazole rings is 1. The number of imide groups is 1. The van der Waals surface area contributed by atoms with E-state index in [9.17, 15) is 9.59 Å². The predicted molar refractivity (Wildman–Crippen MR) is 92.2 cm³/mol. The summed E-state index contributed by atoms with van der Waals surface area (Å²) in [4.78, 5) is 32.6. The molecule has 1 aromatic heterocycles. The molecular weight excluding hydrogens is 380 g/mol. The number of thioether (sulfide) groups is 1. The van der Waals surface area contributed by atoms with Gasteiger partial charge in [0, 0.05) is 17.6 Å². The summed E-state index contributed by atoms with van der Waals surface area (Å²) in [7, 11) is 0. The van der Waals surface area contributed by atoms with Crippen LogP contribution in [0.3, 0.4) is 0 Å². The second-order valence-electron chi connectivity index (χ2n) is 5.09. The van der Waals surface area contributed by atoms with Crippen molar-refractivity contribution in [2.45, 2.75) is 17.3 Å². The summed E-state index contributed by atoms with van der Waals surface area (Å²) in [6.45, 7) is 2.71. The SMILES string of the molecule is CC(Sc1ncc(-c2ccc(Br)cc2)[nH]1)C(=O)N1CCNC1=O. The van der Waals surface area contributed by atoms with Crippen LogP contribution in [0.25, 0.3) is 11.3 Å². The van der Waals surface area contributed by atoms with Crippen LogP contribution in [0, 0.1) is 0 Å². The number of nitrogens with zero attached hydrogens (tertiary/aromatic N) is 2. The van der Waals surface area contributed by atoms with Crippen molar-refractivity contribution in [3.8, 4) is 11.3 Å². The van der Waals surface area contributed by atoms with Gasteiger partial charge in [0.25, 0.3) is 0 Å². The summed E-state index contributed by atoms with van der Waals surface area (Å²) in [5, 5.41) is 2.90. The van der Waals surface area contributed by atoms with E-state index >= 15 is 0 Å². The van der Waals surface area contributed by atoms with Gasteiger partial charge in [0.05, 0.1) is 17.1 Å². The molecule has 2 N–H and O–H groups in total. The van der Waals surface area contributed by atoms with E-state index in [4.69, 9.17) is 0 Å². The van der Waals surface area contributed by atoms with Crippen LogP contribution in [0.5, 0.6) is 0 Å². The van der Waals surface area contributed by atoms with E-state index < -0.39 is 0 Å². The molecule has 1 atom stereocenters. The summed E-state index contributed by atoms with van der Waals surface area (Å²) in [6, 6.07) is 7.56. The van der Waals surface area contributed by atoms with Crippen LogP contribution in [0.1, 0.15) is 6.92 Å². The Morgan fingerprint density at radius 1 is 1.39 bits per heavy atom. The number of carbonyl (C=O) groups excluding carboxylic acids is 2. The Morgan fingerprint density at radius 3 is 2.78 bits per heavy atom. The molecule has 6 nitrogen and oxygen atoms in total. The minimum atomic E-state index is -0.386. The highest BCUT2D eigenvalue weighted by molar-refractivity contribution is 9.10. The van der Waals surface area contributed by atoms with Gasteiger partial charge < -0.3 is 10.3 Å². The number of benzene rings is 1. The first kappa shape index (κ1) is 16.1. The first-order chi connectivity index (χ1) is 11.0. The molecule has 120 valence electrons. The van der Waals surface area contributed by atoms with E-state index in [1.54, 1.807) is 13.1 Å². The Kier molecular flexibility index (Phi) is 4.72. The van der Waals surface area contributed by atoms with Crippen molar-refractivity contribution in [3.63, 3.8) is 0 Å². The van der Waals surface area contributed by atoms with Crippen molar-refractivity contribution in [3.05, 3.63) is 34.9 Å². The quantitative estimate of drug-likeness (QED) is 0.781. The van der Waals surface area contributed by atoms with Crippen molar-refractivity contribution in [2.24, 2.45) is 0 Å². The van der Waals surface area contributed by atoms with Crippen molar-refractivity contribution >= 4 is 39.6 Å². The highest BCUT2D eigenvalue weighted by atomic mass is 79.9. The summed E-state index contributed by atoms with van der Waals surface area (Å²) < 4.78 is 1.01. The van der Waals surface area contributed by atoms with Gasteiger partial charge in [0.1, 0.15) is 0 Å². The average molecular weight is 395 g/mol. The molecule has 0 radical (unpaired) electrons. The second kappa shape index (κ2) is 6.76. The third kappa shape index (κ3) is 3.59. The molecule has 3 amide bonds. The highest BCUT2D eigenvalue weighted by Gasteiger charge is 2.30. The predicted octanol–water partition coefficient (Wildman–Crippen LogP) is 2.87. The van der Waals surface area contributed by atoms with Crippen LogP contribution < -0.4 is 5.32 Å². The Morgan fingerprint density at radius 2 is 2.13 bits per heavy atom. The zero-order valence-corrected chi connectivity index (χ0v) is 14.8. The fraction of sp³-hybridized carbons (Fsp3) is 0.267. The fourth-order valence-corrected chi connectivity index (χ4v) is 3.37.